The molecule has 0 aliphatic carbocycles. The largest absolute Gasteiger partial charge is 0.324 e. The maximum atomic E-state index is 12.8. The van der Waals surface area contributed by atoms with E-state index in [-0.39, 0.29) is 23.3 Å². The smallest absolute Gasteiger partial charge is 0.274 e. The number of aromatic nitrogens is 2. The highest BCUT2D eigenvalue weighted by atomic mass is 16.2. The van der Waals surface area contributed by atoms with E-state index in [1.807, 2.05) is 31.2 Å². The molecule has 29 heavy (non-hydrogen) atoms. The minimum Gasteiger partial charge on any atom is -0.324 e. The van der Waals surface area contributed by atoms with Crippen LogP contribution in [0.2, 0.25) is 0 Å². The molecule has 0 aliphatic rings. The number of hydrogen-bond donors (Lipinski definition) is 2. The summed E-state index contributed by atoms with van der Waals surface area (Å²) in [5.74, 6) is 0.319. The monoisotopic (exact) mass is 388 g/mol. The van der Waals surface area contributed by atoms with Crippen molar-refractivity contribution in [2.75, 3.05) is 10.6 Å². The van der Waals surface area contributed by atoms with E-state index in [4.69, 9.17) is 0 Å². The zero-order valence-corrected chi connectivity index (χ0v) is 17.0. The first-order valence-corrected chi connectivity index (χ1v) is 9.47. The molecule has 0 fully saturated rings. The Morgan fingerprint density at radius 2 is 1.66 bits per heavy atom. The van der Waals surface area contributed by atoms with Crippen molar-refractivity contribution in [3.05, 3.63) is 77.1 Å². The minimum absolute atomic E-state index is 0.00370. The summed E-state index contributed by atoms with van der Waals surface area (Å²) in [6, 6.07) is 16.4. The van der Waals surface area contributed by atoms with Crippen LogP contribution < -0.4 is 10.6 Å². The van der Waals surface area contributed by atoms with Gasteiger partial charge in [0, 0.05) is 22.6 Å². The van der Waals surface area contributed by atoms with Gasteiger partial charge in [0.15, 0.2) is 5.78 Å². The number of carbonyl (C=O) groups excluding carboxylic acids is 2. The fourth-order valence-electron chi connectivity index (χ4n) is 2.96. The molecular weight excluding hydrogens is 364 g/mol. The number of rotatable bonds is 6. The van der Waals surface area contributed by atoms with Gasteiger partial charge in [0.05, 0.1) is 0 Å². The summed E-state index contributed by atoms with van der Waals surface area (Å²) >= 11 is 0. The number of amides is 1. The molecule has 0 unspecified atom stereocenters. The Hall–Kier alpha value is -3.54. The second kappa shape index (κ2) is 8.65. The quantitative estimate of drug-likeness (QED) is 0.574. The second-order valence-corrected chi connectivity index (χ2v) is 7.17. The molecule has 2 N–H and O–H groups in total. The van der Waals surface area contributed by atoms with Crippen LogP contribution in [0.3, 0.4) is 0 Å². The van der Waals surface area contributed by atoms with Crippen LogP contribution in [0.25, 0.3) is 0 Å². The van der Waals surface area contributed by atoms with Crippen LogP contribution in [-0.2, 0) is 0 Å². The van der Waals surface area contributed by atoms with Crippen molar-refractivity contribution < 1.29 is 9.59 Å². The van der Waals surface area contributed by atoms with Crippen LogP contribution in [0.15, 0.2) is 54.6 Å². The van der Waals surface area contributed by atoms with Crippen molar-refractivity contribution in [1.82, 2.24) is 9.97 Å². The molecule has 0 atom stereocenters. The topological polar surface area (TPSA) is 84.0 Å². The molecule has 3 rings (SSSR count). The third-order valence-electron chi connectivity index (χ3n) is 4.47. The van der Waals surface area contributed by atoms with Gasteiger partial charge < -0.3 is 10.6 Å². The predicted octanol–water partition coefficient (Wildman–Crippen LogP) is 5.11. The molecule has 1 amide bonds. The SMILES string of the molecule is CC(=O)c1ccc(Nc2nc(C)cc(C(=O)Nc3ccccc3C(C)C)n2)cc1. The average molecular weight is 388 g/mol. The van der Waals surface area contributed by atoms with Gasteiger partial charge in [0.1, 0.15) is 5.69 Å². The lowest BCUT2D eigenvalue weighted by Gasteiger charge is -2.14. The normalized spacial score (nSPS) is 10.7. The molecule has 0 aliphatic heterocycles. The highest BCUT2D eigenvalue weighted by Gasteiger charge is 2.14. The summed E-state index contributed by atoms with van der Waals surface area (Å²) in [6.45, 7) is 7.50. The molecule has 0 radical (unpaired) electrons. The Morgan fingerprint density at radius 1 is 0.966 bits per heavy atom. The number of para-hydroxylation sites is 1. The third kappa shape index (κ3) is 5.04. The number of hydrogen-bond acceptors (Lipinski definition) is 5. The zero-order valence-electron chi connectivity index (χ0n) is 17.0. The van der Waals surface area contributed by atoms with Crippen molar-refractivity contribution in [3.63, 3.8) is 0 Å². The lowest BCUT2D eigenvalue weighted by atomic mass is 10.0. The van der Waals surface area contributed by atoms with Gasteiger partial charge in [-0.05, 0) is 61.7 Å². The van der Waals surface area contributed by atoms with Crippen molar-refractivity contribution in [2.45, 2.75) is 33.6 Å². The van der Waals surface area contributed by atoms with Gasteiger partial charge in [-0.3, -0.25) is 9.59 Å². The number of benzene rings is 2. The Balaban J connectivity index is 1.81. The van der Waals surface area contributed by atoms with Gasteiger partial charge >= 0.3 is 0 Å². The van der Waals surface area contributed by atoms with E-state index in [9.17, 15) is 9.59 Å². The average Bonchev–Trinajstić information content (AvgIpc) is 2.68. The van der Waals surface area contributed by atoms with E-state index >= 15 is 0 Å². The molecule has 6 nitrogen and oxygen atoms in total. The van der Waals surface area contributed by atoms with Crippen molar-refractivity contribution in [2.24, 2.45) is 0 Å². The van der Waals surface area contributed by atoms with Crippen LogP contribution in [0.5, 0.6) is 0 Å². The van der Waals surface area contributed by atoms with Gasteiger partial charge in [-0.25, -0.2) is 9.97 Å². The van der Waals surface area contributed by atoms with E-state index in [0.29, 0.717) is 17.2 Å². The Kier molecular flexibility index (Phi) is 6.02. The second-order valence-electron chi connectivity index (χ2n) is 7.17. The van der Waals surface area contributed by atoms with E-state index in [0.717, 1.165) is 16.9 Å². The molecule has 6 heteroatoms. The molecule has 2 aromatic carbocycles. The highest BCUT2D eigenvalue weighted by molar-refractivity contribution is 6.03. The Morgan fingerprint density at radius 3 is 2.31 bits per heavy atom. The molecule has 0 bridgehead atoms. The first-order chi connectivity index (χ1) is 13.8. The van der Waals surface area contributed by atoms with Crippen LogP contribution in [0.4, 0.5) is 17.3 Å². The summed E-state index contributed by atoms with van der Waals surface area (Å²) in [5.41, 5.74) is 4.15. The number of aryl methyl sites for hydroxylation is 1. The van der Waals surface area contributed by atoms with Crippen LogP contribution in [-0.4, -0.2) is 21.7 Å². The fraction of sp³-hybridized carbons (Fsp3) is 0.217. The van der Waals surface area contributed by atoms with Crippen LogP contribution in [0.1, 0.15) is 58.8 Å². The fourth-order valence-corrected chi connectivity index (χ4v) is 2.96. The summed E-state index contributed by atoms with van der Waals surface area (Å²) < 4.78 is 0. The lowest BCUT2D eigenvalue weighted by molar-refractivity contribution is 0.101. The van der Waals surface area contributed by atoms with E-state index in [1.54, 1.807) is 30.3 Å². The zero-order chi connectivity index (χ0) is 21.0. The van der Waals surface area contributed by atoms with Crippen molar-refractivity contribution >= 4 is 29.0 Å². The number of ketones is 1. The molecule has 3 aromatic rings. The summed E-state index contributed by atoms with van der Waals surface area (Å²) in [4.78, 5) is 32.9. The number of Topliss-reactive ketones (excluding diaryl/α,β-unsaturated/α-hetero) is 1. The standard InChI is InChI=1S/C23H24N4O2/c1-14(2)19-7-5-6-8-20(19)26-22(29)21-13-15(3)24-23(27-21)25-18-11-9-17(10-12-18)16(4)28/h5-14H,1-4H3,(H,26,29)(H,24,25,27). The Bertz CT molecular complexity index is 1040. The van der Waals surface area contributed by atoms with Gasteiger partial charge in [-0.1, -0.05) is 32.0 Å². The molecule has 1 aromatic heterocycles. The third-order valence-corrected chi connectivity index (χ3v) is 4.47. The van der Waals surface area contributed by atoms with Gasteiger partial charge in [-0.15, -0.1) is 0 Å². The molecule has 0 saturated heterocycles. The maximum Gasteiger partial charge on any atom is 0.274 e. The summed E-state index contributed by atoms with van der Waals surface area (Å²) in [5, 5.41) is 6.04. The van der Waals surface area contributed by atoms with Gasteiger partial charge in [0.2, 0.25) is 5.95 Å². The number of nitrogens with zero attached hydrogens (tertiary/aromatic N) is 2. The van der Waals surface area contributed by atoms with Crippen molar-refractivity contribution in [3.8, 4) is 0 Å². The lowest BCUT2D eigenvalue weighted by Crippen LogP contribution is -2.16. The minimum atomic E-state index is -0.293. The number of anilines is 3. The molecule has 148 valence electrons. The van der Waals surface area contributed by atoms with Gasteiger partial charge in [-0.2, -0.15) is 0 Å². The van der Waals surface area contributed by atoms with E-state index < -0.39 is 0 Å². The number of nitrogens with one attached hydrogen (secondary N) is 2. The Labute approximate surface area is 170 Å². The highest BCUT2D eigenvalue weighted by Crippen LogP contribution is 2.24. The van der Waals surface area contributed by atoms with Crippen molar-refractivity contribution in [1.29, 1.82) is 0 Å². The van der Waals surface area contributed by atoms with Crippen LogP contribution in [0, 0.1) is 6.92 Å². The van der Waals surface area contributed by atoms with E-state index in [1.165, 1.54) is 6.92 Å². The molecule has 0 saturated carbocycles. The van der Waals surface area contributed by atoms with Crippen LogP contribution >= 0.6 is 0 Å². The molecule has 1 heterocycles. The summed E-state index contributed by atoms with van der Waals surface area (Å²) in [6.07, 6.45) is 0. The van der Waals surface area contributed by atoms with Gasteiger partial charge in [0.25, 0.3) is 5.91 Å². The predicted molar refractivity (Wildman–Crippen MR) is 115 cm³/mol. The summed E-state index contributed by atoms with van der Waals surface area (Å²) in [7, 11) is 0. The number of carbonyl (C=O) groups is 2. The first kappa shape index (κ1) is 20.2. The molecular formula is C23H24N4O2. The van der Waals surface area contributed by atoms with E-state index in [2.05, 4.69) is 34.4 Å². The first-order valence-electron chi connectivity index (χ1n) is 9.47. The molecule has 0 spiro atoms. The maximum absolute atomic E-state index is 12.8.